The van der Waals surface area contributed by atoms with Gasteiger partial charge in [-0.1, -0.05) is 68.5 Å². The van der Waals surface area contributed by atoms with Crippen LogP contribution in [-0.4, -0.2) is 6.61 Å². The zero-order valence-corrected chi connectivity index (χ0v) is 13.6. The summed E-state index contributed by atoms with van der Waals surface area (Å²) in [7, 11) is 0. The van der Waals surface area contributed by atoms with Crippen LogP contribution in [0.5, 0.6) is 5.75 Å². The summed E-state index contributed by atoms with van der Waals surface area (Å²) in [6.07, 6.45) is 5.35. The molecule has 0 unspecified atom stereocenters. The quantitative estimate of drug-likeness (QED) is 0.396. The summed E-state index contributed by atoms with van der Waals surface area (Å²) < 4.78 is 5.97. The van der Waals surface area contributed by atoms with Crippen molar-refractivity contribution in [2.45, 2.75) is 20.3 Å². The van der Waals surface area contributed by atoms with Gasteiger partial charge in [0.25, 0.3) is 0 Å². The lowest BCUT2D eigenvalue weighted by Crippen LogP contribution is -2.04. The molecule has 1 heteroatoms. The van der Waals surface area contributed by atoms with E-state index in [-0.39, 0.29) is 0 Å². The lowest BCUT2D eigenvalue weighted by molar-refractivity contribution is 0.362. The molecular formula is C22H20O. The predicted octanol–water partition coefficient (Wildman–Crippen LogP) is 5.84. The Morgan fingerprint density at radius 3 is 2.48 bits per heavy atom. The maximum absolute atomic E-state index is 5.97. The minimum absolute atomic E-state index is 0.669. The van der Waals surface area contributed by atoms with Crippen molar-refractivity contribution in [2.24, 2.45) is 0 Å². The highest BCUT2D eigenvalue weighted by molar-refractivity contribution is 6.07. The Hall–Kier alpha value is -2.54. The minimum atomic E-state index is 0.669. The van der Waals surface area contributed by atoms with Gasteiger partial charge in [0.2, 0.25) is 0 Å². The van der Waals surface area contributed by atoms with E-state index < -0.39 is 0 Å². The predicted molar refractivity (Wildman–Crippen MR) is 98.1 cm³/mol. The van der Waals surface area contributed by atoms with Crippen molar-refractivity contribution < 1.29 is 4.74 Å². The molecule has 1 aliphatic carbocycles. The van der Waals surface area contributed by atoms with Gasteiger partial charge < -0.3 is 4.74 Å². The molecule has 23 heavy (non-hydrogen) atoms. The molecule has 1 heterocycles. The van der Waals surface area contributed by atoms with Crippen molar-refractivity contribution in [1.82, 2.24) is 0 Å². The first-order valence-corrected chi connectivity index (χ1v) is 8.38. The molecule has 2 aliphatic rings. The fraction of sp³-hybridized carbons (Fsp3) is 0.182. The maximum atomic E-state index is 5.97. The summed E-state index contributed by atoms with van der Waals surface area (Å²) >= 11 is 0. The molecule has 1 nitrogen and oxygen atoms in total. The van der Waals surface area contributed by atoms with Gasteiger partial charge in [-0.15, -0.1) is 0 Å². The van der Waals surface area contributed by atoms with Crippen LogP contribution >= 0.6 is 0 Å². The minimum Gasteiger partial charge on any atom is -0.488 e. The standard InChI is InChI=1S/C20H14O.C2H6/c1-2-7-14-13(6-1)12-18-17-10-5-11-21-20(17)16-9-4-3-8-15(16)19(14)18;1-2/h1-10H,11-12H2;1-2H3. The molecule has 0 atom stereocenters. The number of hydrogen-bond acceptors (Lipinski definition) is 1. The zero-order chi connectivity index (χ0) is 15.8. The number of benzene rings is 3. The molecule has 3 aromatic rings. The lowest BCUT2D eigenvalue weighted by Gasteiger charge is -2.19. The Morgan fingerprint density at radius 1 is 0.870 bits per heavy atom. The Morgan fingerprint density at radius 2 is 1.61 bits per heavy atom. The Kier molecular flexibility index (Phi) is 3.42. The average Bonchev–Trinajstić information content (AvgIpc) is 3.04. The Bertz CT molecular complexity index is 919. The van der Waals surface area contributed by atoms with Crippen molar-refractivity contribution in [3.63, 3.8) is 0 Å². The Labute approximate surface area is 137 Å². The molecule has 0 saturated heterocycles. The van der Waals surface area contributed by atoms with Crippen LogP contribution in [0, 0.1) is 0 Å². The second-order valence-electron chi connectivity index (χ2n) is 5.69. The van der Waals surface area contributed by atoms with Gasteiger partial charge in [-0.05, 0) is 40.1 Å². The second-order valence-corrected chi connectivity index (χ2v) is 5.69. The maximum Gasteiger partial charge on any atom is 0.135 e. The second kappa shape index (κ2) is 5.58. The molecule has 0 N–H and O–H groups in total. The lowest BCUT2D eigenvalue weighted by atomic mass is 9.92. The molecule has 0 saturated carbocycles. The van der Waals surface area contributed by atoms with Gasteiger partial charge >= 0.3 is 0 Å². The van der Waals surface area contributed by atoms with E-state index in [9.17, 15) is 0 Å². The summed E-state index contributed by atoms with van der Waals surface area (Å²) in [6.45, 7) is 4.67. The van der Waals surface area contributed by atoms with Crippen LogP contribution in [0.3, 0.4) is 0 Å². The van der Waals surface area contributed by atoms with Crippen LogP contribution in [0.25, 0.3) is 28.0 Å². The fourth-order valence-corrected chi connectivity index (χ4v) is 3.71. The monoisotopic (exact) mass is 300 g/mol. The molecule has 0 spiro atoms. The van der Waals surface area contributed by atoms with Crippen molar-refractivity contribution >= 4 is 16.8 Å². The largest absolute Gasteiger partial charge is 0.488 e. The summed E-state index contributed by atoms with van der Waals surface area (Å²) in [4.78, 5) is 0. The van der Waals surface area contributed by atoms with E-state index in [1.165, 1.54) is 38.6 Å². The molecule has 0 fully saturated rings. The molecule has 0 radical (unpaired) electrons. The fourth-order valence-electron chi connectivity index (χ4n) is 3.71. The van der Waals surface area contributed by atoms with E-state index in [2.05, 4.69) is 60.7 Å². The van der Waals surface area contributed by atoms with E-state index >= 15 is 0 Å². The third-order valence-electron chi connectivity index (χ3n) is 4.57. The number of ether oxygens (including phenoxy) is 1. The number of rotatable bonds is 0. The van der Waals surface area contributed by atoms with Crippen molar-refractivity contribution in [1.29, 1.82) is 0 Å². The van der Waals surface area contributed by atoms with Gasteiger partial charge in [0, 0.05) is 10.9 Å². The first kappa shape index (κ1) is 14.1. The highest BCUT2D eigenvalue weighted by Crippen LogP contribution is 2.48. The average molecular weight is 300 g/mol. The van der Waals surface area contributed by atoms with E-state index in [0.717, 1.165) is 12.2 Å². The van der Waals surface area contributed by atoms with Gasteiger partial charge in [-0.2, -0.15) is 0 Å². The topological polar surface area (TPSA) is 9.23 Å². The van der Waals surface area contributed by atoms with Crippen LogP contribution in [-0.2, 0) is 6.42 Å². The normalized spacial score (nSPS) is 13.5. The first-order valence-electron chi connectivity index (χ1n) is 8.38. The van der Waals surface area contributed by atoms with Crippen molar-refractivity contribution in [2.75, 3.05) is 6.61 Å². The molecule has 0 amide bonds. The van der Waals surface area contributed by atoms with Crippen molar-refractivity contribution in [3.8, 4) is 16.9 Å². The van der Waals surface area contributed by atoms with Gasteiger partial charge in [0.1, 0.15) is 12.4 Å². The molecule has 0 bridgehead atoms. The third kappa shape index (κ3) is 2.00. The van der Waals surface area contributed by atoms with Gasteiger partial charge in [-0.25, -0.2) is 0 Å². The molecule has 3 aromatic carbocycles. The van der Waals surface area contributed by atoms with E-state index in [0.29, 0.717) is 6.61 Å². The zero-order valence-electron chi connectivity index (χ0n) is 13.6. The smallest absolute Gasteiger partial charge is 0.135 e. The molecule has 5 rings (SSSR count). The number of fused-ring (bicyclic) bond motifs is 8. The summed E-state index contributed by atoms with van der Waals surface area (Å²) in [6, 6.07) is 17.4. The third-order valence-corrected chi connectivity index (χ3v) is 4.57. The van der Waals surface area contributed by atoms with Gasteiger partial charge in [0.05, 0.1) is 0 Å². The van der Waals surface area contributed by atoms with E-state index in [1.54, 1.807) is 0 Å². The van der Waals surface area contributed by atoms with E-state index in [4.69, 9.17) is 4.74 Å². The van der Waals surface area contributed by atoms with Crippen molar-refractivity contribution in [3.05, 3.63) is 71.3 Å². The highest BCUT2D eigenvalue weighted by Gasteiger charge is 2.26. The molecule has 1 aliphatic heterocycles. The summed E-state index contributed by atoms with van der Waals surface area (Å²) in [5, 5.41) is 2.54. The van der Waals surface area contributed by atoms with Crippen LogP contribution in [0.4, 0.5) is 0 Å². The number of hydrogen-bond donors (Lipinski definition) is 0. The molecular weight excluding hydrogens is 280 g/mol. The van der Waals surface area contributed by atoms with Crippen LogP contribution in [0.15, 0.2) is 54.6 Å². The van der Waals surface area contributed by atoms with Crippen LogP contribution < -0.4 is 4.74 Å². The Balaban J connectivity index is 0.000000652. The molecule has 114 valence electrons. The summed E-state index contributed by atoms with van der Waals surface area (Å²) in [5.74, 6) is 1.06. The summed E-state index contributed by atoms with van der Waals surface area (Å²) in [5.41, 5.74) is 6.89. The first-order chi connectivity index (χ1) is 11.4. The SMILES string of the molecule is C1=Cc2c3c(c4ccccc4c2OC1)-c1ccccc1C3.CC. The van der Waals surface area contributed by atoms with Gasteiger partial charge in [0.15, 0.2) is 0 Å². The van der Waals surface area contributed by atoms with Gasteiger partial charge in [-0.3, -0.25) is 0 Å². The highest BCUT2D eigenvalue weighted by atomic mass is 16.5. The van der Waals surface area contributed by atoms with E-state index in [1.807, 2.05) is 13.8 Å². The van der Waals surface area contributed by atoms with Crippen LogP contribution in [0.2, 0.25) is 0 Å². The van der Waals surface area contributed by atoms with Crippen LogP contribution in [0.1, 0.15) is 30.5 Å². The molecule has 0 aromatic heterocycles.